The summed E-state index contributed by atoms with van der Waals surface area (Å²) in [6.07, 6.45) is 0.287. The number of hydrogen-bond acceptors (Lipinski definition) is 2. The average Bonchev–Trinajstić information content (AvgIpc) is 2.47. The van der Waals surface area contributed by atoms with Crippen LogP contribution in [0.15, 0.2) is 42.5 Å². The summed E-state index contributed by atoms with van der Waals surface area (Å²) < 4.78 is 13.9. The van der Waals surface area contributed by atoms with Crippen molar-refractivity contribution in [2.75, 3.05) is 17.3 Å². The highest BCUT2D eigenvalue weighted by molar-refractivity contribution is 6.30. The molecule has 0 saturated heterocycles. The predicted molar refractivity (Wildman–Crippen MR) is 82.2 cm³/mol. The summed E-state index contributed by atoms with van der Waals surface area (Å²) in [4.78, 5) is 13.7. The lowest BCUT2D eigenvalue weighted by Crippen LogP contribution is -2.35. The molecule has 1 amide bonds. The lowest BCUT2D eigenvalue weighted by atomic mass is 9.96. The summed E-state index contributed by atoms with van der Waals surface area (Å²) in [7, 11) is 1.75. The van der Waals surface area contributed by atoms with Crippen molar-refractivity contribution >= 4 is 28.9 Å². The number of fused-ring (bicyclic) bond motifs is 1. The fraction of sp³-hybridized carbons (Fsp3) is 0.188. The molecular formula is C16H14ClFN2O. The maximum Gasteiger partial charge on any atom is 0.229 e. The molecule has 3 nitrogen and oxygen atoms in total. The van der Waals surface area contributed by atoms with Gasteiger partial charge >= 0.3 is 0 Å². The molecule has 2 aromatic rings. The third-order valence-corrected chi connectivity index (χ3v) is 3.92. The van der Waals surface area contributed by atoms with Crippen molar-refractivity contribution in [3.8, 4) is 0 Å². The van der Waals surface area contributed by atoms with Crippen molar-refractivity contribution in [1.29, 1.82) is 0 Å². The van der Waals surface area contributed by atoms with Gasteiger partial charge in [-0.1, -0.05) is 29.8 Å². The molecular weight excluding hydrogens is 291 g/mol. The number of hydrogen-bond donors (Lipinski definition) is 1. The molecule has 21 heavy (non-hydrogen) atoms. The fourth-order valence-electron chi connectivity index (χ4n) is 2.57. The summed E-state index contributed by atoms with van der Waals surface area (Å²) in [6.45, 7) is 0. The highest BCUT2D eigenvalue weighted by atomic mass is 35.5. The highest BCUT2D eigenvalue weighted by Crippen LogP contribution is 2.36. The third-order valence-electron chi connectivity index (χ3n) is 3.69. The van der Waals surface area contributed by atoms with Crippen LogP contribution >= 0.6 is 11.6 Å². The van der Waals surface area contributed by atoms with Gasteiger partial charge < -0.3 is 10.2 Å². The van der Waals surface area contributed by atoms with E-state index in [1.54, 1.807) is 24.1 Å². The Morgan fingerprint density at radius 3 is 2.81 bits per heavy atom. The first-order valence-corrected chi connectivity index (χ1v) is 7.01. The van der Waals surface area contributed by atoms with Crippen LogP contribution in [0.5, 0.6) is 0 Å². The number of amides is 1. The van der Waals surface area contributed by atoms with Crippen LogP contribution in [0.4, 0.5) is 15.8 Å². The number of rotatable bonds is 2. The Hall–Kier alpha value is -2.07. The van der Waals surface area contributed by atoms with Crippen LogP contribution in [0.1, 0.15) is 18.0 Å². The summed E-state index contributed by atoms with van der Waals surface area (Å²) in [6, 6.07) is 11.8. The number of carbonyl (C=O) groups is 1. The van der Waals surface area contributed by atoms with Crippen molar-refractivity contribution < 1.29 is 9.18 Å². The van der Waals surface area contributed by atoms with Gasteiger partial charge in [-0.15, -0.1) is 0 Å². The Labute approximate surface area is 127 Å². The Balaban J connectivity index is 1.96. The normalized spacial score (nSPS) is 17.6. The number of nitrogens with one attached hydrogen (secondary N) is 1. The predicted octanol–water partition coefficient (Wildman–Crippen LogP) is 4.00. The van der Waals surface area contributed by atoms with Crippen LogP contribution < -0.4 is 10.2 Å². The molecule has 0 aliphatic carbocycles. The molecule has 1 heterocycles. The standard InChI is InChI=1S/C16H14ClFN2O/c1-20-15-5-3-2-4-11(15)14(9-16(20)21)19-13-7-6-10(17)8-12(13)18/h2-8,14,19H,9H2,1H3. The molecule has 1 unspecified atom stereocenters. The first-order chi connectivity index (χ1) is 10.1. The van der Waals surface area contributed by atoms with Gasteiger partial charge in [-0.25, -0.2) is 4.39 Å². The first kappa shape index (κ1) is 13.9. The maximum atomic E-state index is 13.9. The van der Waals surface area contributed by atoms with Gasteiger partial charge in [-0.2, -0.15) is 0 Å². The fourth-order valence-corrected chi connectivity index (χ4v) is 2.73. The Bertz CT molecular complexity index is 704. The largest absolute Gasteiger partial charge is 0.375 e. The molecule has 1 aliphatic heterocycles. The molecule has 0 saturated carbocycles. The van der Waals surface area contributed by atoms with Gasteiger partial charge in [0.05, 0.1) is 18.2 Å². The highest BCUT2D eigenvalue weighted by Gasteiger charge is 2.29. The van der Waals surface area contributed by atoms with E-state index >= 15 is 0 Å². The van der Waals surface area contributed by atoms with Gasteiger partial charge in [0.2, 0.25) is 5.91 Å². The SMILES string of the molecule is CN1C(=O)CC(Nc2ccc(Cl)cc2F)c2ccccc21. The quantitative estimate of drug-likeness (QED) is 0.909. The Morgan fingerprint density at radius 2 is 2.05 bits per heavy atom. The van der Waals surface area contributed by atoms with E-state index in [9.17, 15) is 9.18 Å². The summed E-state index contributed by atoms with van der Waals surface area (Å²) in [5.41, 5.74) is 2.17. The van der Waals surface area contributed by atoms with Crippen LogP contribution in [0.25, 0.3) is 0 Å². The number of nitrogens with zero attached hydrogens (tertiary/aromatic N) is 1. The summed E-state index contributed by atoms with van der Waals surface area (Å²) >= 11 is 5.75. The lowest BCUT2D eigenvalue weighted by molar-refractivity contribution is -0.118. The molecule has 1 aliphatic rings. The molecule has 0 spiro atoms. The van der Waals surface area contributed by atoms with Crippen molar-refractivity contribution in [3.63, 3.8) is 0 Å². The van der Waals surface area contributed by atoms with Gasteiger partial charge in [-0.3, -0.25) is 4.79 Å². The molecule has 2 aromatic carbocycles. The zero-order valence-corrected chi connectivity index (χ0v) is 12.2. The second kappa shape index (κ2) is 5.37. The van der Waals surface area contributed by atoms with Crippen LogP contribution in [0.2, 0.25) is 5.02 Å². The van der Waals surface area contributed by atoms with Crippen molar-refractivity contribution in [1.82, 2.24) is 0 Å². The summed E-state index contributed by atoms with van der Waals surface area (Å²) in [5, 5.41) is 3.45. The average molecular weight is 305 g/mol. The minimum Gasteiger partial charge on any atom is -0.375 e. The summed E-state index contributed by atoms with van der Waals surface area (Å²) in [5.74, 6) is -0.424. The molecule has 0 fully saturated rings. The number of benzene rings is 2. The van der Waals surface area contributed by atoms with Crippen molar-refractivity contribution in [2.24, 2.45) is 0 Å². The van der Waals surface area contributed by atoms with Gasteiger partial charge in [0.25, 0.3) is 0 Å². The smallest absolute Gasteiger partial charge is 0.229 e. The van der Waals surface area contributed by atoms with E-state index in [1.165, 1.54) is 6.07 Å². The van der Waals surface area contributed by atoms with Gasteiger partial charge in [0, 0.05) is 17.8 Å². The number of anilines is 2. The molecule has 3 rings (SSSR count). The molecule has 0 radical (unpaired) electrons. The molecule has 1 N–H and O–H groups in total. The topological polar surface area (TPSA) is 32.3 Å². The van der Waals surface area contributed by atoms with Crippen molar-refractivity contribution in [3.05, 3.63) is 58.9 Å². The van der Waals surface area contributed by atoms with E-state index in [0.29, 0.717) is 10.7 Å². The minimum absolute atomic E-state index is 0.000529. The zero-order valence-electron chi connectivity index (χ0n) is 11.4. The number of carbonyl (C=O) groups excluding carboxylic acids is 1. The second-order valence-corrected chi connectivity index (χ2v) is 5.47. The number of halogens is 2. The van der Waals surface area contributed by atoms with Gasteiger partial charge in [-0.05, 0) is 29.8 Å². The monoisotopic (exact) mass is 304 g/mol. The molecule has 0 aromatic heterocycles. The Kier molecular flexibility index (Phi) is 3.55. The maximum absolute atomic E-state index is 13.9. The minimum atomic E-state index is -0.425. The molecule has 108 valence electrons. The van der Waals surface area contributed by atoms with E-state index in [4.69, 9.17) is 11.6 Å². The second-order valence-electron chi connectivity index (χ2n) is 5.04. The van der Waals surface area contributed by atoms with E-state index in [0.717, 1.165) is 11.3 Å². The van der Waals surface area contributed by atoms with E-state index in [1.807, 2.05) is 24.3 Å². The first-order valence-electron chi connectivity index (χ1n) is 6.63. The van der Waals surface area contributed by atoms with Gasteiger partial charge in [0.1, 0.15) is 5.82 Å². The molecule has 0 bridgehead atoms. The van der Waals surface area contributed by atoms with E-state index < -0.39 is 5.82 Å². The van der Waals surface area contributed by atoms with Crippen LogP contribution in [-0.2, 0) is 4.79 Å². The van der Waals surface area contributed by atoms with Crippen LogP contribution in [-0.4, -0.2) is 13.0 Å². The molecule has 1 atom stereocenters. The van der Waals surface area contributed by atoms with Crippen LogP contribution in [0.3, 0.4) is 0 Å². The zero-order chi connectivity index (χ0) is 15.0. The van der Waals surface area contributed by atoms with E-state index in [-0.39, 0.29) is 18.4 Å². The van der Waals surface area contributed by atoms with Gasteiger partial charge in [0.15, 0.2) is 0 Å². The lowest BCUT2D eigenvalue weighted by Gasteiger charge is -2.32. The Morgan fingerprint density at radius 1 is 1.29 bits per heavy atom. The van der Waals surface area contributed by atoms with Crippen molar-refractivity contribution in [2.45, 2.75) is 12.5 Å². The van der Waals surface area contributed by atoms with E-state index in [2.05, 4.69) is 5.32 Å². The molecule has 5 heteroatoms. The number of para-hydroxylation sites is 1. The third kappa shape index (κ3) is 2.59. The van der Waals surface area contributed by atoms with Crippen LogP contribution in [0, 0.1) is 5.82 Å².